The Hall–Kier alpha value is -1.03. The molecule has 0 aliphatic carbocycles. The lowest BCUT2D eigenvalue weighted by Crippen LogP contribution is -1.93. The van der Waals surface area contributed by atoms with Gasteiger partial charge in [0.15, 0.2) is 0 Å². The van der Waals surface area contributed by atoms with Crippen LogP contribution < -0.4 is 0 Å². The van der Waals surface area contributed by atoms with Gasteiger partial charge in [-0.15, -0.1) is 0 Å². The van der Waals surface area contributed by atoms with Crippen LogP contribution in [0.3, 0.4) is 0 Å². The molecule has 1 aromatic carbocycles. The molecular formula is C9H13O5P. The third kappa shape index (κ3) is 3.91. The predicted octanol–water partition coefficient (Wildman–Crippen LogP) is 1.82. The average Bonchev–Trinajstić information content (AvgIpc) is 1.99. The maximum absolute atomic E-state index is 11.4. The summed E-state index contributed by atoms with van der Waals surface area (Å²) in [6.07, 6.45) is -0.233. The summed E-state index contributed by atoms with van der Waals surface area (Å²) in [7, 11) is -3.68. The Morgan fingerprint density at radius 1 is 1.27 bits per heavy atom. The van der Waals surface area contributed by atoms with Gasteiger partial charge in [0.1, 0.15) is 11.5 Å². The third-order valence-electron chi connectivity index (χ3n) is 1.68. The number of hydrogen-bond acceptors (Lipinski definition) is 4. The van der Waals surface area contributed by atoms with Crippen LogP contribution in [0.15, 0.2) is 18.2 Å². The molecule has 1 atom stereocenters. The normalized spacial score (nSPS) is 14.8. The van der Waals surface area contributed by atoms with Crippen LogP contribution in [0.2, 0.25) is 0 Å². The fraction of sp³-hybridized carbons (Fsp3) is 0.333. The smallest absolute Gasteiger partial charge is 0.332 e. The van der Waals surface area contributed by atoms with Crippen LogP contribution in [0.5, 0.6) is 11.5 Å². The van der Waals surface area contributed by atoms with Gasteiger partial charge in [0.05, 0.1) is 12.8 Å². The molecule has 1 unspecified atom stereocenters. The summed E-state index contributed by atoms with van der Waals surface area (Å²) < 4.78 is 16.0. The van der Waals surface area contributed by atoms with E-state index in [0.29, 0.717) is 5.56 Å². The molecule has 0 bridgehead atoms. The van der Waals surface area contributed by atoms with E-state index in [9.17, 15) is 9.46 Å². The highest BCUT2D eigenvalue weighted by molar-refractivity contribution is 7.51. The van der Waals surface area contributed by atoms with Crippen LogP contribution in [0.1, 0.15) is 12.5 Å². The van der Waals surface area contributed by atoms with E-state index in [1.807, 2.05) is 0 Å². The number of aromatic hydroxyl groups is 2. The van der Waals surface area contributed by atoms with Crippen LogP contribution in [-0.4, -0.2) is 21.7 Å². The summed E-state index contributed by atoms with van der Waals surface area (Å²) in [6.45, 7) is 1.75. The van der Waals surface area contributed by atoms with Crippen molar-refractivity contribution >= 4 is 7.60 Å². The minimum absolute atomic E-state index is 0.137. The van der Waals surface area contributed by atoms with Gasteiger partial charge < -0.3 is 19.6 Å². The molecule has 0 aliphatic heterocycles. The largest absolute Gasteiger partial charge is 0.508 e. The van der Waals surface area contributed by atoms with Crippen molar-refractivity contribution in [2.45, 2.75) is 13.1 Å². The Morgan fingerprint density at radius 2 is 1.80 bits per heavy atom. The molecule has 0 fully saturated rings. The lowest BCUT2D eigenvalue weighted by molar-refractivity contribution is 0.272. The third-order valence-corrected chi connectivity index (χ3v) is 3.10. The molecule has 0 heterocycles. The quantitative estimate of drug-likeness (QED) is 0.689. The minimum atomic E-state index is -3.68. The Kier molecular flexibility index (Phi) is 3.74. The first-order valence-corrected chi connectivity index (χ1v) is 6.17. The highest BCUT2D eigenvalue weighted by Crippen LogP contribution is 2.46. The van der Waals surface area contributed by atoms with E-state index in [1.165, 1.54) is 12.1 Å². The van der Waals surface area contributed by atoms with E-state index in [4.69, 9.17) is 10.2 Å². The molecule has 5 nitrogen and oxygen atoms in total. The van der Waals surface area contributed by atoms with Gasteiger partial charge in [-0.1, -0.05) is 0 Å². The molecule has 0 radical (unpaired) electrons. The van der Waals surface area contributed by atoms with Crippen LogP contribution in [0, 0.1) is 0 Å². The molecule has 0 saturated carbocycles. The first kappa shape index (κ1) is 12.0. The molecule has 0 amide bonds. The highest BCUT2D eigenvalue weighted by atomic mass is 31.2. The lowest BCUT2D eigenvalue weighted by Gasteiger charge is -2.10. The number of phenols is 2. The number of phenolic OH excluding ortho intramolecular Hbond substituents is 2. The van der Waals surface area contributed by atoms with E-state index in [2.05, 4.69) is 4.52 Å². The second kappa shape index (κ2) is 4.66. The Balaban J connectivity index is 2.85. The van der Waals surface area contributed by atoms with Crippen LogP contribution in [0.4, 0.5) is 0 Å². The van der Waals surface area contributed by atoms with Crippen molar-refractivity contribution < 1.29 is 24.2 Å². The fourth-order valence-electron chi connectivity index (χ4n) is 1.23. The summed E-state index contributed by atoms with van der Waals surface area (Å²) in [5.41, 5.74) is 0.354. The van der Waals surface area contributed by atoms with Crippen molar-refractivity contribution in [3.05, 3.63) is 23.8 Å². The summed E-state index contributed by atoms with van der Waals surface area (Å²) in [5, 5.41) is 18.3. The molecule has 0 spiro atoms. The Morgan fingerprint density at radius 3 is 2.27 bits per heavy atom. The highest BCUT2D eigenvalue weighted by Gasteiger charge is 2.19. The summed E-state index contributed by atoms with van der Waals surface area (Å²) in [6, 6.07) is 3.76. The molecule has 0 saturated heterocycles. The van der Waals surface area contributed by atoms with Gasteiger partial charge in [0.25, 0.3) is 0 Å². The first-order chi connectivity index (χ1) is 6.93. The van der Waals surface area contributed by atoms with Crippen molar-refractivity contribution in [2.24, 2.45) is 0 Å². The van der Waals surface area contributed by atoms with Crippen LogP contribution in [-0.2, 0) is 15.3 Å². The zero-order valence-corrected chi connectivity index (χ0v) is 9.15. The molecule has 0 aromatic heterocycles. The van der Waals surface area contributed by atoms with Crippen molar-refractivity contribution in [1.82, 2.24) is 0 Å². The number of hydrogen-bond donors (Lipinski definition) is 3. The van der Waals surface area contributed by atoms with Gasteiger partial charge in [-0.2, -0.15) is 0 Å². The molecule has 3 N–H and O–H groups in total. The molecule has 1 rings (SSSR count). The Bertz CT molecular complexity index is 370. The zero-order chi connectivity index (χ0) is 11.5. The van der Waals surface area contributed by atoms with Gasteiger partial charge in [0, 0.05) is 6.07 Å². The molecule has 6 heteroatoms. The van der Waals surface area contributed by atoms with E-state index < -0.39 is 7.60 Å². The van der Waals surface area contributed by atoms with E-state index in [0.717, 1.165) is 6.07 Å². The van der Waals surface area contributed by atoms with Gasteiger partial charge in [-0.3, -0.25) is 4.57 Å². The molecule has 0 aliphatic rings. The zero-order valence-electron chi connectivity index (χ0n) is 8.25. The molecular weight excluding hydrogens is 219 g/mol. The molecule has 1 aromatic rings. The second-order valence-electron chi connectivity index (χ2n) is 3.07. The summed E-state index contributed by atoms with van der Waals surface area (Å²) in [4.78, 5) is 9.32. The maximum atomic E-state index is 11.4. The van der Waals surface area contributed by atoms with Crippen molar-refractivity contribution in [1.29, 1.82) is 0 Å². The predicted molar refractivity (Wildman–Crippen MR) is 54.9 cm³/mol. The molecule has 84 valence electrons. The van der Waals surface area contributed by atoms with E-state index in [1.54, 1.807) is 6.92 Å². The van der Waals surface area contributed by atoms with Gasteiger partial charge in [-0.25, -0.2) is 0 Å². The van der Waals surface area contributed by atoms with Crippen LogP contribution >= 0.6 is 7.60 Å². The Labute approximate surface area is 87.5 Å². The van der Waals surface area contributed by atoms with Crippen molar-refractivity contribution in [2.75, 3.05) is 6.61 Å². The van der Waals surface area contributed by atoms with Gasteiger partial charge >= 0.3 is 7.60 Å². The first-order valence-electron chi connectivity index (χ1n) is 4.41. The van der Waals surface area contributed by atoms with Crippen molar-refractivity contribution in [3.8, 4) is 11.5 Å². The molecule has 15 heavy (non-hydrogen) atoms. The van der Waals surface area contributed by atoms with Gasteiger partial charge in [-0.05, 0) is 24.6 Å². The average molecular weight is 232 g/mol. The summed E-state index contributed by atoms with van der Waals surface area (Å²) >= 11 is 0. The number of benzene rings is 1. The van der Waals surface area contributed by atoms with E-state index >= 15 is 0 Å². The van der Waals surface area contributed by atoms with Crippen molar-refractivity contribution in [3.63, 3.8) is 0 Å². The standard InChI is InChI=1S/C9H13O5P/c1-2-14-15(12,13)6-7-3-8(10)5-9(11)4-7/h3-5,10-11H,2,6H2,1H3,(H,12,13). The summed E-state index contributed by atoms with van der Waals surface area (Å²) in [5.74, 6) is -0.303. The number of rotatable bonds is 4. The van der Waals surface area contributed by atoms with Crippen LogP contribution in [0.25, 0.3) is 0 Å². The van der Waals surface area contributed by atoms with Gasteiger partial charge in [0.2, 0.25) is 0 Å². The van der Waals surface area contributed by atoms with E-state index in [-0.39, 0.29) is 24.3 Å². The SMILES string of the molecule is CCOP(=O)(O)Cc1cc(O)cc(O)c1. The topological polar surface area (TPSA) is 87.0 Å². The minimum Gasteiger partial charge on any atom is -0.508 e. The monoisotopic (exact) mass is 232 g/mol. The lowest BCUT2D eigenvalue weighted by atomic mass is 10.2. The second-order valence-corrected chi connectivity index (χ2v) is 4.92. The maximum Gasteiger partial charge on any atom is 0.332 e. The fourth-order valence-corrected chi connectivity index (χ4v) is 2.36.